The molecule has 0 saturated carbocycles. The summed E-state index contributed by atoms with van der Waals surface area (Å²) in [5, 5.41) is 13.9. The summed E-state index contributed by atoms with van der Waals surface area (Å²) in [4.78, 5) is 0. The molecule has 1 aromatic rings. The minimum atomic E-state index is -2.67. The molecule has 4 nitrogen and oxygen atoms in total. The van der Waals surface area contributed by atoms with Gasteiger partial charge < -0.3 is 21.5 Å². The van der Waals surface area contributed by atoms with Gasteiger partial charge in [0.15, 0.2) is 0 Å². The molecular weight excluding hydrogens is 162 g/mol. The number of hydrogen-bond donors (Lipinski definition) is 4. The van der Waals surface area contributed by atoms with Crippen LogP contribution in [0, 0.1) is 0 Å². The van der Waals surface area contributed by atoms with Crippen LogP contribution in [-0.4, -0.2) is 17.4 Å². The zero-order valence-electron chi connectivity index (χ0n) is 6.31. The van der Waals surface area contributed by atoms with E-state index in [4.69, 9.17) is 21.5 Å². The number of nitrogens with two attached hydrogens (primary N) is 2. The summed E-state index contributed by atoms with van der Waals surface area (Å²) in [5.74, 6) is 0. The van der Waals surface area contributed by atoms with Crippen LogP contribution >= 0.6 is 0 Å². The molecule has 1 aromatic carbocycles. The highest BCUT2D eigenvalue weighted by Gasteiger charge is 1.97. The van der Waals surface area contributed by atoms with Crippen molar-refractivity contribution < 1.29 is 14.4 Å². The normalized spacial score (nSPS) is 8.25. The third-order valence-electron chi connectivity index (χ3n) is 0.936. The minimum Gasteiger partial charge on any atom is -0.399 e. The SMILES string of the molecule is Nc1ccc(N)cc1.OB(O)F. The van der Waals surface area contributed by atoms with E-state index in [0.717, 1.165) is 11.4 Å². The molecule has 0 atom stereocenters. The predicted octanol–water partition coefficient (Wildman–Crippen LogP) is -0.224. The topological polar surface area (TPSA) is 92.5 Å². The Morgan fingerprint density at radius 2 is 1.17 bits per heavy atom. The third kappa shape index (κ3) is 6.85. The standard InChI is InChI=1S/C6H8N2.BFH2O2/c7-5-1-2-6(8)4-3-5;2-1(3)4/h1-4H,7-8H2;3-4H. The van der Waals surface area contributed by atoms with Gasteiger partial charge in [0, 0.05) is 11.4 Å². The van der Waals surface area contributed by atoms with Gasteiger partial charge in [-0.25, -0.2) is 0 Å². The lowest BCUT2D eigenvalue weighted by Crippen LogP contribution is -1.98. The van der Waals surface area contributed by atoms with Gasteiger partial charge in [0.25, 0.3) is 0 Å². The van der Waals surface area contributed by atoms with Crippen molar-refractivity contribution in [1.82, 2.24) is 0 Å². The van der Waals surface area contributed by atoms with Gasteiger partial charge in [-0.2, -0.15) is 0 Å². The van der Waals surface area contributed by atoms with E-state index in [2.05, 4.69) is 0 Å². The van der Waals surface area contributed by atoms with Gasteiger partial charge in [-0.05, 0) is 24.3 Å². The Bertz CT molecular complexity index is 194. The van der Waals surface area contributed by atoms with Crippen LogP contribution in [-0.2, 0) is 0 Å². The van der Waals surface area contributed by atoms with Crippen molar-refractivity contribution >= 4 is 18.8 Å². The van der Waals surface area contributed by atoms with Gasteiger partial charge in [-0.1, -0.05) is 0 Å². The fraction of sp³-hybridized carbons (Fsp3) is 0. The molecule has 0 bridgehead atoms. The smallest absolute Gasteiger partial charge is 0.399 e. The van der Waals surface area contributed by atoms with E-state index in [-0.39, 0.29) is 0 Å². The van der Waals surface area contributed by atoms with Crippen LogP contribution in [0.4, 0.5) is 15.7 Å². The largest absolute Gasteiger partial charge is 0.674 e. The highest BCUT2D eigenvalue weighted by Crippen LogP contribution is 2.04. The summed E-state index contributed by atoms with van der Waals surface area (Å²) < 4.78 is 10.1. The highest BCUT2D eigenvalue weighted by molar-refractivity contribution is 6.31. The van der Waals surface area contributed by atoms with Crippen LogP contribution in [0.5, 0.6) is 0 Å². The van der Waals surface area contributed by atoms with Gasteiger partial charge in [0.1, 0.15) is 0 Å². The van der Waals surface area contributed by atoms with E-state index < -0.39 is 7.40 Å². The third-order valence-corrected chi connectivity index (χ3v) is 0.936. The van der Waals surface area contributed by atoms with E-state index in [1.165, 1.54) is 0 Å². The van der Waals surface area contributed by atoms with E-state index >= 15 is 0 Å². The van der Waals surface area contributed by atoms with Crippen molar-refractivity contribution in [1.29, 1.82) is 0 Å². The zero-order valence-corrected chi connectivity index (χ0v) is 6.31. The van der Waals surface area contributed by atoms with E-state index in [9.17, 15) is 4.32 Å². The number of benzene rings is 1. The maximum absolute atomic E-state index is 10.1. The predicted molar refractivity (Wildman–Crippen MR) is 46.6 cm³/mol. The molecule has 1 rings (SSSR count). The van der Waals surface area contributed by atoms with E-state index in [0.29, 0.717) is 0 Å². The van der Waals surface area contributed by atoms with Gasteiger partial charge >= 0.3 is 7.40 Å². The summed E-state index contributed by atoms with van der Waals surface area (Å²) in [6.07, 6.45) is 0. The number of anilines is 2. The maximum atomic E-state index is 10.1. The van der Waals surface area contributed by atoms with Crippen molar-refractivity contribution in [2.75, 3.05) is 11.5 Å². The van der Waals surface area contributed by atoms with Gasteiger partial charge in [0.2, 0.25) is 0 Å². The second-order valence-electron chi connectivity index (χ2n) is 1.98. The van der Waals surface area contributed by atoms with Gasteiger partial charge in [-0.15, -0.1) is 0 Å². The van der Waals surface area contributed by atoms with E-state index in [1.807, 2.05) is 0 Å². The summed E-state index contributed by atoms with van der Waals surface area (Å²) in [6, 6.07) is 7.09. The molecule has 0 amide bonds. The minimum absolute atomic E-state index is 0.749. The lowest BCUT2D eigenvalue weighted by molar-refractivity contribution is 0.340. The van der Waals surface area contributed by atoms with Gasteiger partial charge in [-0.3, -0.25) is 4.32 Å². The van der Waals surface area contributed by atoms with Gasteiger partial charge in [0.05, 0.1) is 0 Å². The quantitative estimate of drug-likeness (QED) is 0.321. The molecule has 66 valence electrons. The molecule has 0 saturated heterocycles. The van der Waals surface area contributed by atoms with Crippen molar-refractivity contribution in [3.8, 4) is 0 Å². The number of halogens is 1. The first kappa shape index (κ1) is 10.7. The van der Waals surface area contributed by atoms with Crippen LogP contribution in [0.1, 0.15) is 0 Å². The maximum Gasteiger partial charge on any atom is 0.674 e. The van der Waals surface area contributed by atoms with Crippen LogP contribution in [0.15, 0.2) is 24.3 Å². The average Bonchev–Trinajstić information content (AvgIpc) is 1.94. The average molecular weight is 172 g/mol. The number of hydrogen-bond acceptors (Lipinski definition) is 4. The number of nitrogen functional groups attached to an aromatic ring is 2. The summed E-state index contributed by atoms with van der Waals surface area (Å²) in [6.45, 7) is 0. The van der Waals surface area contributed by atoms with Crippen LogP contribution < -0.4 is 11.5 Å². The van der Waals surface area contributed by atoms with Crippen LogP contribution in [0.3, 0.4) is 0 Å². The summed E-state index contributed by atoms with van der Waals surface area (Å²) in [5.41, 5.74) is 12.2. The Morgan fingerprint density at radius 1 is 1.00 bits per heavy atom. The lowest BCUT2D eigenvalue weighted by atomic mass is 10.3. The Balaban J connectivity index is 0.000000261. The van der Waals surface area contributed by atoms with Crippen molar-refractivity contribution in [3.63, 3.8) is 0 Å². The van der Waals surface area contributed by atoms with Crippen molar-refractivity contribution in [2.45, 2.75) is 0 Å². The Labute approximate surface area is 69.8 Å². The first-order valence-corrected chi connectivity index (χ1v) is 3.13. The Hall–Kier alpha value is -1.27. The zero-order chi connectivity index (χ0) is 9.56. The number of rotatable bonds is 0. The molecule has 0 aliphatic carbocycles. The molecule has 6 N–H and O–H groups in total. The first-order chi connectivity index (χ1) is 5.52. The fourth-order valence-electron chi connectivity index (χ4n) is 0.496. The molecule has 0 heterocycles. The molecule has 12 heavy (non-hydrogen) atoms. The molecule has 6 heteroatoms. The van der Waals surface area contributed by atoms with E-state index in [1.54, 1.807) is 24.3 Å². The van der Waals surface area contributed by atoms with Crippen molar-refractivity contribution in [3.05, 3.63) is 24.3 Å². The summed E-state index contributed by atoms with van der Waals surface area (Å²) >= 11 is 0. The lowest BCUT2D eigenvalue weighted by Gasteiger charge is -1.90. The molecular formula is C6H10BFN2O2. The van der Waals surface area contributed by atoms with Crippen LogP contribution in [0.2, 0.25) is 0 Å². The molecule has 0 aliphatic heterocycles. The molecule has 0 radical (unpaired) electrons. The monoisotopic (exact) mass is 172 g/mol. The molecule has 0 spiro atoms. The molecule has 0 fully saturated rings. The van der Waals surface area contributed by atoms with Crippen LogP contribution in [0.25, 0.3) is 0 Å². The first-order valence-electron chi connectivity index (χ1n) is 3.13. The Morgan fingerprint density at radius 3 is 1.33 bits per heavy atom. The fourth-order valence-corrected chi connectivity index (χ4v) is 0.496. The second kappa shape index (κ2) is 5.39. The summed E-state index contributed by atoms with van der Waals surface area (Å²) in [7, 11) is -2.67. The second-order valence-corrected chi connectivity index (χ2v) is 1.98. The van der Waals surface area contributed by atoms with Crippen molar-refractivity contribution in [2.24, 2.45) is 0 Å². The highest BCUT2D eigenvalue weighted by atomic mass is 19.1. The Kier molecular flexibility index (Phi) is 4.83. The molecule has 0 aromatic heterocycles. The molecule has 0 unspecified atom stereocenters. The molecule has 0 aliphatic rings.